The average Bonchev–Trinajstić information content (AvgIpc) is 2.56. The highest BCUT2D eigenvalue weighted by molar-refractivity contribution is 6.30. The van der Waals surface area contributed by atoms with Crippen LogP contribution in [-0.4, -0.2) is 31.5 Å². The van der Waals surface area contributed by atoms with Crippen LogP contribution in [0.25, 0.3) is 0 Å². The van der Waals surface area contributed by atoms with Crippen molar-refractivity contribution in [2.24, 2.45) is 11.1 Å². The standard InChI is InChI=1S/C18H27ClN2O2.ClH/c1-21(12-14-10-15(19)6-7-16(14)23-2)17(22)11-18(13-20)8-4-3-5-9-18;/h6-7,10H,3-5,8-9,11-13,20H2,1-2H3;1H. The molecule has 0 spiro atoms. The molecule has 1 amide bonds. The second-order valence-electron chi connectivity index (χ2n) is 6.65. The number of nitrogens with zero attached hydrogens (tertiary/aromatic N) is 1. The molecule has 1 fully saturated rings. The Morgan fingerprint density at radius 2 is 2.00 bits per heavy atom. The lowest BCUT2D eigenvalue weighted by Gasteiger charge is -2.36. The first-order valence-corrected chi connectivity index (χ1v) is 8.64. The fourth-order valence-corrected chi connectivity index (χ4v) is 3.62. The van der Waals surface area contributed by atoms with Crippen molar-refractivity contribution < 1.29 is 9.53 Å². The van der Waals surface area contributed by atoms with Crippen LogP contribution in [-0.2, 0) is 11.3 Å². The third-order valence-electron chi connectivity index (χ3n) is 4.95. The van der Waals surface area contributed by atoms with Gasteiger partial charge >= 0.3 is 0 Å². The topological polar surface area (TPSA) is 55.6 Å². The minimum Gasteiger partial charge on any atom is -0.496 e. The minimum atomic E-state index is -0.0119. The van der Waals surface area contributed by atoms with Gasteiger partial charge in [0.15, 0.2) is 0 Å². The number of halogens is 2. The molecule has 136 valence electrons. The smallest absolute Gasteiger partial charge is 0.223 e. The highest BCUT2D eigenvalue weighted by Crippen LogP contribution is 2.38. The van der Waals surface area contributed by atoms with Crippen molar-refractivity contribution in [1.29, 1.82) is 0 Å². The zero-order valence-corrected chi connectivity index (χ0v) is 16.1. The fraction of sp³-hybridized carbons (Fsp3) is 0.611. The number of nitrogens with two attached hydrogens (primary N) is 1. The van der Waals surface area contributed by atoms with E-state index in [1.54, 1.807) is 18.1 Å². The first-order valence-electron chi connectivity index (χ1n) is 8.26. The molecule has 6 heteroatoms. The Hall–Kier alpha value is -0.970. The van der Waals surface area contributed by atoms with Crippen molar-refractivity contribution in [2.75, 3.05) is 20.7 Å². The van der Waals surface area contributed by atoms with E-state index in [0.717, 1.165) is 24.2 Å². The van der Waals surface area contributed by atoms with E-state index in [1.807, 2.05) is 19.2 Å². The van der Waals surface area contributed by atoms with E-state index < -0.39 is 0 Å². The van der Waals surface area contributed by atoms with Crippen LogP contribution in [0.3, 0.4) is 0 Å². The lowest BCUT2D eigenvalue weighted by Crippen LogP contribution is -2.39. The van der Waals surface area contributed by atoms with Crippen LogP contribution in [0.2, 0.25) is 5.02 Å². The van der Waals surface area contributed by atoms with Crippen molar-refractivity contribution in [3.05, 3.63) is 28.8 Å². The van der Waals surface area contributed by atoms with Gasteiger partial charge in [-0.2, -0.15) is 0 Å². The molecule has 1 saturated carbocycles. The Bertz CT molecular complexity index is 546. The molecule has 0 aromatic heterocycles. The molecule has 24 heavy (non-hydrogen) atoms. The number of rotatable bonds is 6. The molecule has 1 aliphatic carbocycles. The molecule has 1 aromatic carbocycles. The zero-order valence-electron chi connectivity index (χ0n) is 14.5. The number of ether oxygens (including phenoxy) is 1. The summed E-state index contributed by atoms with van der Waals surface area (Å²) in [5.41, 5.74) is 6.90. The fourth-order valence-electron chi connectivity index (χ4n) is 3.43. The highest BCUT2D eigenvalue weighted by Gasteiger charge is 2.33. The number of benzene rings is 1. The summed E-state index contributed by atoms with van der Waals surface area (Å²) in [6.07, 6.45) is 6.26. The summed E-state index contributed by atoms with van der Waals surface area (Å²) in [6, 6.07) is 5.47. The molecule has 0 unspecified atom stereocenters. The SMILES string of the molecule is COc1ccc(Cl)cc1CN(C)C(=O)CC1(CN)CCCCC1.Cl. The summed E-state index contributed by atoms with van der Waals surface area (Å²) in [7, 11) is 3.45. The van der Waals surface area contributed by atoms with Crippen molar-refractivity contribution in [1.82, 2.24) is 4.90 Å². The minimum absolute atomic E-state index is 0. The first-order chi connectivity index (χ1) is 11.0. The lowest BCUT2D eigenvalue weighted by atomic mass is 9.71. The van der Waals surface area contributed by atoms with Gasteiger partial charge in [0, 0.05) is 30.6 Å². The van der Waals surface area contributed by atoms with Crippen LogP contribution in [0.1, 0.15) is 44.1 Å². The van der Waals surface area contributed by atoms with E-state index >= 15 is 0 Å². The maximum Gasteiger partial charge on any atom is 0.223 e. The van der Waals surface area contributed by atoms with E-state index in [4.69, 9.17) is 22.1 Å². The van der Waals surface area contributed by atoms with Crippen molar-refractivity contribution in [2.45, 2.75) is 45.1 Å². The van der Waals surface area contributed by atoms with Gasteiger partial charge < -0.3 is 15.4 Å². The van der Waals surface area contributed by atoms with E-state index in [1.165, 1.54) is 19.3 Å². The number of hydrogen-bond acceptors (Lipinski definition) is 3. The molecule has 4 nitrogen and oxygen atoms in total. The van der Waals surface area contributed by atoms with Crippen LogP contribution in [0, 0.1) is 5.41 Å². The number of carbonyl (C=O) groups is 1. The predicted octanol–water partition coefficient (Wildman–Crippen LogP) is 4.03. The number of amides is 1. The predicted molar refractivity (Wildman–Crippen MR) is 101 cm³/mol. The van der Waals surface area contributed by atoms with E-state index in [-0.39, 0.29) is 23.7 Å². The van der Waals surface area contributed by atoms with Gasteiger partial charge in [0.1, 0.15) is 5.75 Å². The molecule has 1 aromatic rings. The molecule has 0 aliphatic heterocycles. The normalized spacial score (nSPS) is 16.2. The third-order valence-corrected chi connectivity index (χ3v) is 5.18. The number of methoxy groups -OCH3 is 1. The summed E-state index contributed by atoms with van der Waals surface area (Å²) < 4.78 is 5.36. The van der Waals surface area contributed by atoms with E-state index in [0.29, 0.717) is 24.5 Å². The number of carbonyl (C=O) groups excluding carboxylic acids is 1. The Kier molecular flexibility index (Phi) is 8.34. The van der Waals surface area contributed by atoms with Gasteiger partial charge in [-0.1, -0.05) is 30.9 Å². The molecule has 2 N–H and O–H groups in total. The van der Waals surface area contributed by atoms with Gasteiger partial charge in [0.25, 0.3) is 0 Å². The molecule has 2 rings (SSSR count). The Morgan fingerprint density at radius 1 is 1.33 bits per heavy atom. The summed E-state index contributed by atoms with van der Waals surface area (Å²) >= 11 is 6.06. The lowest BCUT2D eigenvalue weighted by molar-refractivity contribution is -0.133. The zero-order chi connectivity index (χ0) is 16.9. The van der Waals surface area contributed by atoms with Gasteiger partial charge in [-0.25, -0.2) is 0 Å². The summed E-state index contributed by atoms with van der Waals surface area (Å²) in [5.74, 6) is 0.889. The molecule has 1 aliphatic rings. The summed E-state index contributed by atoms with van der Waals surface area (Å²) in [6.45, 7) is 1.08. The number of hydrogen-bond donors (Lipinski definition) is 1. The van der Waals surface area contributed by atoms with E-state index in [9.17, 15) is 4.79 Å². The van der Waals surface area contributed by atoms with E-state index in [2.05, 4.69) is 0 Å². The van der Waals surface area contributed by atoms with Gasteiger partial charge in [0.2, 0.25) is 5.91 Å². The second kappa shape index (κ2) is 9.50. The van der Waals surface area contributed by atoms with Crippen molar-refractivity contribution >= 4 is 29.9 Å². The summed E-state index contributed by atoms with van der Waals surface area (Å²) in [4.78, 5) is 14.4. The van der Waals surface area contributed by atoms with Crippen LogP contribution in [0.15, 0.2) is 18.2 Å². The van der Waals surface area contributed by atoms with Gasteiger partial charge in [-0.05, 0) is 43.0 Å². The van der Waals surface area contributed by atoms with Crippen LogP contribution >= 0.6 is 24.0 Å². The Labute approximate surface area is 156 Å². The summed E-state index contributed by atoms with van der Waals surface area (Å²) in [5, 5.41) is 0.646. The third kappa shape index (κ3) is 5.27. The molecule has 0 bridgehead atoms. The quantitative estimate of drug-likeness (QED) is 0.817. The van der Waals surface area contributed by atoms with Crippen LogP contribution in [0.4, 0.5) is 0 Å². The van der Waals surface area contributed by atoms with Crippen molar-refractivity contribution in [3.63, 3.8) is 0 Å². The molecular weight excluding hydrogens is 347 g/mol. The van der Waals surface area contributed by atoms with Crippen molar-refractivity contribution in [3.8, 4) is 5.75 Å². The molecule has 0 heterocycles. The average molecular weight is 375 g/mol. The molecule has 0 radical (unpaired) electrons. The highest BCUT2D eigenvalue weighted by atomic mass is 35.5. The maximum atomic E-state index is 12.7. The molecule has 0 saturated heterocycles. The molecule has 0 atom stereocenters. The Balaban J connectivity index is 0.00000288. The van der Waals surface area contributed by atoms with Gasteiger partial charge in [0.05, 0.1) is 7.11 Å². The Morgan fingerprint density at radius 3 is 2.58 bits per heavy atom. The largest absolute Gasteiger partial charge is 0.496 e. The van der Waals surface area contributed by atoms with Crippen LogP contribution in [0.5, 0.6) is 5.75 Å². The van der Waals surface area contributed by atoms with Gasteiger partial charge in [-0.3, -0.25) is 4.79 Å². The maximum absolute atomic E-state index is 12.7. The second-order valence-corrected chi connectivity index (χ2v) is 7.08. The van der Waals surface area contributed by atoms with Gasteiger partial charge in [-0.15, -0.1) is 12.4 Å². The monoisotopic (exact) mass is 374 g/mol. The molecular formula is C18H28Cl2N2O2. The van der Waals surface area contributed by atoms with Crippen LogP contribution < -0.4 is 10.5 Å². The first kappa shape index (κ1) is 21.1.